The van der Waals surface area contributed by atoms with E-state index in [1.165, 1.54) is 0 Å². The number of hydrogen-bond acceptors (Lipinski definition) is 2. The average Bonchev–Trinajstić information content (AvgIpc) is 2.43. The first-order chi connectivity index (χ1) is 9.16. The minimum absolute atomic E-state index is 0.564. The molecule has 0 aliphatic carbocycles. The number of benzene rings is 1. The van der Waals surface area contributed by atoms with E-state index < -0.39 is 0 Å². The highest BCUT2D eigenvalue weighted by Gasteiger charge is 2.03. The lowest BCUT2D eigenvalue weighted by Gasteiger charge is -2.13. The maximum absolute atomic E-state index is 6.06. The second-order valence-electron chi connectivity index (χ2n) is 4.08. The normalized spacial score (nSPS) is 10.0. The zero-order valence-electron chi connectivity index (χ0n) is 10.5. The van der Waals surface area contributed by atoms with Gasteiger partial charge in [-0.15, -0.1) is 0 Å². The smallest absolute Gasteiger partial charge is 0.171 e. The fraction of sp³-hybridized carbons (Fsp3) is 0.143. The van der Waals surface area contributed by atoms with Crippen LogP contribution in [0, 0.1) is 6.92 Å². The lowest BCUT2D eigenvalue weighted by Crippen LogP contribution is -2.28. The Hall–Kier alpha value is -1.65. The van der Waals surface area contributed by atoms with Crippen molar-refractivity contribution in [3.63, 3.8) is 0 Å². The first-order valence-electron chi connectivity index (χ1n) is 5.85. The van der Waals surface area contributed by atoms with Gasteiger partial charge in [-0.3, -0.25) is 4.98 Å². The number of halogens is 1. The van der Waals surface area contributed by atoms with Gasteiger partial charge < -0.3 is 10.6 Å². The first kappa shape index (κ1) is 13.8. The maximum Gasteiger partial charge on any atom is 0.171 e. The molecule has 0 fully saturated rings. The van der Waals surface area contributed by atoms with Crippen molar-refractivity contribution in [1.29, 1.82) is 0 Å². The number of pyridine rings is 1. The molecule has 0 amide bonds. The van der Waals surface area contributed by atoms with E-state index in [1.807, 2.05) is 37.3 Å². The largest absolute Gasteiger partial charge is 0.358 e. The van der Waals surface area contributed by atoms with Crippen LogP contribution in [0.15, 0.2) is 42.7 Å². The van der Waals surface area contributed by atoms with Crippen molar-refractivity contribution in [1.82, 2.24) is 10.3 Å². The zero-order valence-corrected chi connectivity index (χ0v) is 12.1. The topological polar surface area (TPSA) is 37.0 Å². The Morgan fingerprint density at radius 2 is 2.16 bits per heavy atom. The molecule has 1 aromatic carbocycles. The van der Waals surface area contributed by atoms with E-state index in [-0.39, 0.29) is 0 Å². The van der Waals surface area contributed by atoms with E-state index in [9.17, 15) is 0 Å². The predicted octanol–water partition coefficient (Wildman–Crippen LogP) is 3.53. The van der Waals surface area contributed by atoms with Crippen LogP contribution in [-0.4, -0.2) is 10.1 Å². The summed E-state index contributed by atoms with van der Waals surface area (Å²) < 4.78 is 0. The Bertz CT molecular complexity index is 572. The third kappa shape index (κ3) is 3.91. The van der Waals surface area contributed by atoms with Crippen molar-refractivity contribution in [3.8, 4) is 0 Å². The van der Waals surface area contributed by atoms with E-state index in [1.54, 1.807) is 12.4 Å². The molecular weight excluding hydrogens is 278 g/mol. The van der Waals surface area contributed by atoms with Crippen molar-refractivity contribution in [2.24, 2.45) is 0 Å². The Labute approximate surface area is 123 Å². The van der Waals surface area contributed by atoms with Gasteiger partial charge in [-0.2, -0.15) is 0 Å². The Morgan fingerprint density at radius 3 is 2.89 bits per heavy atom. The molecule has 0 radical (unpaired) electrons. The molecule has 0 atom stereocenters. The highest BCUT2D eigenvalue weighted by atomic mass is 35.5. The number of nitrogens with zero attached hydrogens (tertiary/aromatic N) is 1. The van der Waals surface area contributed by atoms with Crippen LogP contribution < -0.4 is 10.6 Å². The summed E-state index contributed by atoms with van der Waals surface area (Å²) in [5.41, 5.74) is 2.97. The molecule has 1 aromatic heterocycles. The van der Waals surface area contributed by atoms with Gasteiger partial charge in [0.1, 0.15) is 0 Å². The molecule has 0 saturated heterocycles. The molecule has 0 aliphatic rings. The zero-order chi connectivity index (χ0) is 13.7. The molecule has 0 unspecified atom stereocenters. The van der Waals surface area contributed by atoms with Crippen LogP contribution in [0.2, 0.25) is 5.02 Å². The highest BCUT2D eigenvalue weighted by Crippen LogP contribution is 2.22. The monoisotopic (exact) mass is 291 g/mol. The molecule has 0 aliphatic heterocycles. The van der Waals surface area contributed by atoms with Gasteiger partial charge in [0.25, 0.3) is 0 Å². The maximum atomic E-state index is 6.06. The highest BCUT2D eigenvalue weighted by molar-refractivity contribution is 7.80. The van der Waals surface area contributed by atoms with Gasteiger partial charge in [-0.25, -0.2) is 0 Å². The van der Waals surface area contributed by atoms with Crippen LogP contribution in [0.1, 0.15) is 11.1 Å². The summed E-state index contributed by atoms with van der Waals surface area (Å²) in [4.78, 5) is 4.05. The lowest BCUT2D eigenvalue weighted by molar-refractivity contribution is 0.916. The van der Waals surface area contributed by atoms with E-state index in [0.717, 1.165) is 21.8 Å². The molecule has 0 bridgehead atoms. The predicted molar refractivity (Wildman–Crippen MR) is 83.5 cm³/mol. The molecule has 19 heavy (non-hydrogen) atoms. The number of hydrogen-bond donors (Lipinski definition) is 2. The van der Waals surface area contributed by atoms with Crippen LogP contribution in [0.3, 0.4) is 0 Å². The van der Waals surface area contributed by atoms with Gasteiger partial charge >= 0.3 is 0 Å². The summed E-state index contributed by atoms with van der Waals surface area (Å²) in [6.07, 6.45) is 3.55. The fourth-order valence-corrected chi connectivity index (χ4v) is 1.95. The molecule has 98 valence electrons. The Morgan fingerprint density at radius 1 is 1.32 bits per heavy atom. The molecule has 5 heteroatoms. The minimum atomic E-state index is 0.564. The summed E-state index contributed by atoms with van der Waals surface area (Å²) in [7, 11) is 0. The van der Waals surface area contributed by atoms with Gasteiger partial charge in [0.2, 0.25) is 0 Å². The molecule has 0 spiro atoms. The van der Waals surface area contributed by atoms with Crippen LogP contribution >= 0.6 is 23.8 Å². The lowest BCUT2D eigenvalue weighted by atomic mass is 10.2. The molecule has 1 heterocycles. The number of nitrogens with one attached hydrogen (secondary N) is 2. The van der Waals surface area contributed by atoms with Crippen molar-refractivity contribution in [2.45, 2.75) is 13.5 Å². The van der Waals surface area contributed by atoms with Crippen LogP contribution in [-0.2, 0) is 6.54 Å². The second kappa shape index (κ2) is 6.50. The SMILES string of the molecule is Cc1c(Cl)cccc1NC(=S)NCc1cccnc1. The van der Waals surface area contributed by atoms with Crippen molar-refractivity contribution >= 4 is 34.6 Å². The van der Waals surface area contributed by atoms with Crippen molar-refractivity contribution in [3.05, 3.63) is 58.9 Å². The van der Waals surface area contributed by atoms with E-state index in [0.29, 0.717) is 11.7 Å². The first-order valence-corrected chi connectivity index (χ1v) is 6.64. The summed E-state index contributed by atoms with van der Waals surface area (Å²) in [5, 5.41) is 7.55. The number of anilines is 1. The average molecular weight is 292 g/mol. The number of aromatic nitrogens is 1. The van der Waals surface area contributed by atoms with Crippen molar-refractivity contribution < 1.29 is 0 Å². The standard InChI is InChI=1S/C14H14ClN3S/c1-10-12(15)5-2-6-13(10)18-14(19)17-9-11-4-3-7-16-8-11/h2-8H,9H2,1H3,(H2,17,18,19). The molecular formula is C14H14ClN3S. The fourth-order valence-electron chi connectivity index (χ4n) is 1.59. The van der Waals surface area contributed by atoms with Gasteiger partial charge in [-0.05, 0) is 48.5 Å². The molecule has 2 N–H and O–H groups in total. The Balaban J connectivity index is 1.93. The van der Waals surface area contributed by atoms with Crippen LogP contribution in [0.4, 0.5) is 5.69 Å². The summed E-state index contributed by atoms with van der Waals surface area (Å²) in [6, 6.07) is 9.58. The van der Waals surface area contributed by atoms with E-state index in [4.69, 9.17) is 23.8 Å². The van der Waals surface area contributed by atoms with Crippen molar-refractivity contribution in [2.75, 3.05) is 5.32 Å². The molecule has 2 aromatic rings. The number of thiocarbonyl (C=S) groups is 1. The van der Waals surface area contributed by atoms with Gasteiger partial charge in [0.15, 0.2) is 5.11 Å². The van der Waals surface area contributed by atoms with Gasteiger partial charge in [-0.1, -0.05) is 23.7 Å². The van der Waals surface area contributed by atoms with Crippen LogP contribution in [0.25, 0.3) is 0 Å². The van der Waals surface area contributed by atoms with Gasteiger partial charge in [0, 0.05) is 29.6 Å². The summed E-state index contributed by atoms with van der Waals surface area (Å²) in [5.74, 6) is 0. The molecule has 3 nitrogen and oxygen atoms in total. The minimum Gasteiger partial charge on any atom is -0.358 e. The molecule has 2 rings (SSSR count). The quantitative estimate of drug-likeness (QED) is 0.848. The van der Waals surface area contributed by atoms with E-state index in [2.05, 4.69) is 15.6 Å². The third-order valence-corrected chi connectivity index (χ3v) is 3.35. The number of rotatable bonds is 3. The molecule has 0 saturated carbocycles. The van der Waals surface area contributed by atoms with Gasteiger partial charge in [0.05, 0.1) is 0 Å². The summed E-state index contributed by atoms with van der Waals surface area (Å²) in [6.45, 7) is 2.59. The summed E-state index contributed by atoms with van der Waals surface area (Å²) >= 11 is 11.3. The Kier molecular flexibility index (Phi) is 4.71. The van der Waals surface area contributed by atoms with Crippen LogP contribution in [0.5, 0.6) is 0 Å². The van der Waals surface area contributed by atoms with E-state index >= 15 is 0 Å². The second-order valence-corrected chi connectivity index (χ2v) is 4.90. The third-order valence-electron chi connectivity index (χ3n) is 2.69.